The molecule has 4 aromatic rings. The van der Waals surface area contributed by atoms with Crippen molar-refractivity contribution < 1.29 is 23.7 Å². The maximum Gasteiger partial charge on any atom is 0.338 e. The van der Waals surface area contributed by atoms with E-state index in [1.165, 1.54) is 0 Å². The van der Waals surface area contributed by atoms with Crippen molar-refractivity contribution in [3.8, 4) is 0 Å². The summed E-state index contributed by atoms with van der Waals surface area (Å²) >= 11 is 0. The molecule has 4 aromatic carbocycles. The first-order valence-electron chi connectivity index (χ1n) is 12.4. The van der Waals surface area contributed by atoms with E-state index in [0.717, 1.165) is 22.3 Å². The van der Waals surface area contributed by atoms with Gasteiger partial charge in [0.15, 0.2) is 6.10 Å². The van der Waals surface area contributed by atoms with Crippen molar-refractivity contribution in [2.75, 3.05) is 6.61 Å². The molecule has 190 valence electrons. The van der Waals surface area contributed by atoms with Crippen molar-refractivity contribution in [1.29, 1.82) is 0 Å². The highest BCUT2D eigenvalue weighted by Gasteiger charge is 2.32. The van der Waals surface area contributed by atoms with Crippen LogP contribution in [0.25, 0.3) is 0 Å². The lowest BCUT2D eigenvalue weighted by Crippen LogP contribution is -2.42. The number of carbonyl (C=O) groups is 1. The molecule has 0 fully saturated rings. The molecule has 0 spiro atoms. The van der Waals surface area contributed by atoms with Gasteiger partial charge in [-0.2, -0.15) is 0 Å². The molecule has 0 saturated carbocycles. The van der Waals surface area contributed by atoms with E-state index < -0.39 is 18.2 Å². The highest BCUT2D eigenvalue weighted by molar-refractivity contribution is 5.75. The van der Waals surface area contributed by atoms with Gasteiger partial charge in [0.2, 0.25) is 0 Å². The van der Waals surface area contributed by atoms with E-state index >= 15 is 0 Å². The summed E-state index contributed by atoms with van der Waals surface area (Å²) in [5.74, 6) is -0.485. The van der Waals surface area contributed by atoms with Gasteiger partial charge < -0.3 is 18.9 Å². The zero-order valence-corrected chi connectivity index (χ0v) is 20.8. The molecule has 4 rings (SSSR count). The van der Waals surface area contributed by atoms with Gasteiger partial charge in [-0.3, -0.25) is 0 Å². The Morgan fingerprint density at radius 1 is 0.514 bits per heavy atom. The summed E-state index contributed by atoms with van der Waals surface area (Å²) in [6.45, 7) is 1.28. The molecule has 0 unspecified atom stereocenters. The van der Waals surface area contributed by atoms with Crippen LogP contribution in [0.3, 0.4) is 0 Å². The fourth-order valence-electron chi connectivity index (χ4n) is 3.77. The Hall–Kier alpha value is -3.77. The molecule has 0 aliphatic heterocycles. The molecule has 0 N–H and O–H groups in total. The standard InChI is InChI=1S/C32H32O5/c33-32(37-24-29-19-11-4-12-20-29)31(36-23-28-17-9-3-10-18-28)30(35-22-27-15-7-2-8-16-27)25-34-21-26-13-5-1-6-14-26/h1-20,30-31H,21-25H2/t30-,31+/m1/s1. The molecule has 0 aliphatic rings. The average molecular weight is 497 g/mol. The Morgan fingerprint density at radius 3 is 1.41 bits per heavy atom. The molecule has 5 nitrogen and oxygen atoms in total. The van der Waals surface area contributed by atoms with Crippen LogP contribution in [0, 0.1) is 0 Å². The molecule has 0 bridgehead atoms. The van der Waals surface area contributed by atoms with Gasteiger partial charge in [0.1, 0.15) is 12.7 Å². The first-order valence-corrected chi connectivity index (χ1v) is 12.4. The molecule has 2 atom stereocenters. The fraction of sp³-hybridized carbons (Fsp3) is 0.219. The number of ether oxygens (including phenoxy) is 4. The van der Waals surface area contributed by atoms with Gasteiger partial charge >= 0.3 is 5.97 Å². The zero-order chi connectivity index (χ0) is 25.5. The number of carbonyl (C=O) groups excluding carboxylic acids is 1. The maximum atomic E-state index is 13.3. The van der Waals surface area contributed by atoms with E-state index in [4.69, 9.17) is 18.9 Å². The topological polar surface area (TPSA) is 54.0 Å². The molecule has 0 amide bonds. The third-order valence-corrected chi connectivity index (χ3v) is 5.77. The number of hydrogen-bond donors (Lipinski definition) is 0. The lowest BCUT2D eigenvalue weighted by molar-refractivity contribution is -0.177. The lowest BCUT2D eigenvalue weighted by Gasteiger charge is -2.26. The number of rotatable bonds is 14. The quantitative estimate of drug-likeness (QED) is 0.197. The number of hydrogen-bond acceptors (Lipinski definition) is 5. The van der Waals surface area contributed by atoms with Crippen LogP contribution in [0.2, 0.25) is 0 Å². The van der Waals surface area contributed by atoms with Crippen LogP contribution in [0.5, 0.6) is 0 Å². The summed E-state index contributed by atoms with van der Waals surface area (Å²) in [4.78, 5) is 13.3. The Kier molecular flexibility index (Phi) is 10.5. The summed E-state index contributed by atoms with van der Waals surface area (Å²) in [6, 6.07) is 39.0. The fourth-order valence-corrected chi connectivity index (χ4v) is 3.77. The monoisotopic (exact) mass is 496 g/mol. The predicted molar refractivity (Wildman–Crippen MR) is 142 cm³/mol. The normalized spacial score (nSPS) is 12.5. The SMILES string of the molecule is O=C(OCc1ccccc1)[C@@H](OCc1ccccc1)[C@@H](COCc1ccccc1)OCc1ccccc1. The minimum absolute atomic E-state index is 0.154. The van der Waals surface area contributed by atoms with Crippen LogP contribution in [0.4, 0.5) is 0 Å². The van der Waals surface area contributed by atoms with Crippen molar-refractivity contribution in [1.82, 2.24) is 0 Å². The van der Waals surface area contributed by atoms with Crippen LogP contribution >= 0.6 is 0 Å². The first kappa shape index (κ1) is 26.3. The smallest absolute Gasteiger partial charge is 0.338 e. The Morgan fingerprint density at radius 2 is 0.919 bits per heavy atom. The predicted octanol–water partition coefficient (Wildman–Crippen LogP) is 6.12. The van der Waals surface area contributed by atoms with E-state index in [1.807, 2.05) is 121 Å². The molecular weight excluding hydrogens is 464 g/mol. The van der Waals surface area contributed by atoms with E-state index in [-0.39, 0.29) is 19.8 Å². The number of esters is 1. The van der Waals surface area contributed by atoms with Gasteiger partial charge in [-0.05, 0) is 22.3 Å². The maximum absolute atomic E-state index is 13.3. The third kappa shape index (κ3) is 8.99. The second-order valence-corrected chi connectivity index (χ2v) is 8.65. The van der Waals surface area contributed by atoms with Crippen LogP contribution in [0.15, 0.2) is 121 Å². The van der Waals surface area contributed by atoms with Crippen molar-refractivity contribution in [2.45, 2.75) is 38.6 Å². The molecule has 0 radical (unpaired) electrons. The van der Waals surface area contributed by atoms with E-state index in [1.54, 1.807) is 0 Å². The van der Waals surface area contributed by atoms with Gasteiger partial charge in [-0.15, -0.1) is 0 Å². The second kappa shape index (κ2) is 14.7. The van der Waals surface area contributed by atoms with Crippen molar-refractivity contribution in [3.05, 3.63) is 144 Å². The number of benzene rings is 4. The molecule has 0 saturated heterocycles. The summed E-state index contributed by atoms with van der Waals surface area (Å²) in [7, 11) is 0. The first-order chi connectivity index (χ1) is 18.3. The Bertz CT molecular complexity index is 1170. The van der Waals surface area contributed by atoms with Crippen molar-refractivity contribution in [2.24, 2.45) is 0 Å². The van der Waals surface area contributed by atoms with Gasteiger partial charge in [-0.1, -0.05) is 121 Å². The van der Waals surface area contributed by atoms with E-state index in [9.17, 15) is 4.79 Å². The third-order valence-electron chi connectivity index (χ3n) is 5.77. The van der Waals surface area contributed by atoms with Gasteiger partial charge in [0.25, 0.3) is 0 Å². The van der Waals surface area contributed by atoms with Crippen molar-refractivity contribution in [3.63, 3.8) is 0 Å². The summed E-state index contributed by atoms with van der Waals surface area (Å²) < 4.78 is 24.1. The largest absolute Gasteiger partial charge is 0.459 e. The lowest BCUT2D eigenvalue weighted by atomic mass is 10.1. The highest BCUT2D eigenvalue weighted by atomic mass is 16.6. The van der Waals surface area contributed by atoms with Crippen molar-refractivity contribution >= 4 is 5.97 Å². The average Bonchev–Trinajstić information content (AvgIpc) is 2.96. The van der Waals surface area contributed by atoms with Crippen LogP contribution < -0.4 is 0 Å². The summed E-state index contributed by atoms with van der Waals surface area (Å²) in [5, 5.41) is 0. The molecule has 0 aromatic heterocycles. The van der Waals surface area contributed by atoms with Crippen LogP contribution in [-0.4, -0.2) is 24.8 Å². The summed E-state index contributed by atoms with van der Waals surface area (Å²) in [6.07, 6.45) is -1.64. The summed E-state index contributed by atoms with van der Waals surface area (Å²) in [5.41, 5.74) is 3.89. The van der Waals surface area contributed by atoms with Crippen LogP contribution in [0.1, 0.15) is 22.3 Å². The Labute approximate surface area is 218 Å². The molecule has 5 heteroatoms. The minimum Gasteiger partial charge on any atom is -0.459 e. The highest BCUT2D eigenvalue weighted by Crippen LogP contribution is 2.16. The van der Waals surface area contributed by atoms with Crippen LogP contribution in [-0.2, 0) is 50.2 Å². The van der Waals surface area contributed by atoms with Gasteiger partial charge in [0, 0.05) is 0 Å². The van der Waals surface area contributed by atoms with E-state index in [0.29, 0.717) is 13.2 Å². The Balaban J connectivity index is 1.48. The van der Waals surface area contributed by atoms with E-state index in [2.05, 4.69) is 0 Å². The van der Waals surface area contributed by atoms with Gasteiger partial charge in [-0.25, -0.2) is 4.79 Å². The minimum atomic E-state index is -0.969. The molecule has 37 heavy (non-hydrogen) atoms. The molecule has 0 aliphatic carbocycles. The van der Waals surface area contributed by atoms with Gasteiger partial charge in [0.05, 0.1) is 26.4 Å². The molecular formula is C32H32O5. The zero-order valence-electron chi connectivity index (χ0n) is 20.8. The second-order valence-electron chi connectivity index (χ2n) is 8.65. The molecule has 0 heterocycles.